The molecule has 51 heavy (non-hydrogen) atoms. The Hall–Kier alpha value is -2.82. The molecule has 6 aliphatic rings. The molecule has 0 spiro atoms. The number of halogens is 3. The molecule has 2 bridgehead atoms. The molecule has 9 nitrogen and oxygen atoms in total. The highest BCUT2D eigenvalue weighted by Gasteiger charge is 2.68. The number of hydrogen-bond acceptors (Lipinski definition) is 7. The smallest absolute Gasteiger partial charge is 0.444 e. The lowest BCUT2D eigenvalue weighted by Crippen LogP contribution is -2.65. The normalized spacial score (nSPS) is 30.2. The molecule has 1 aromatic rings. The Bertz CT molecular complexity index is 1460. The number of carbonyl (C=O) groups is 2. The van der Waals surface area contributed by atoms with E-state index < -0.39 is 42.6 Å². The van der Waals surface area contributed by atoms with Crippen LogP contribution in [-0.2, 0) is 31.4 Å². The number of carbonyl (C=O) groups excluding carboxylic acids is 2. The van der Waals surface area contributed by atoms with E-state index in [1.54, 1.807) is 0 Å². The van der Waals surface area contributed by atoms with Crippen LogP contribution in [0.5, 0.6) is 0 Å². The number of likely N-dealkylation sites (tertiary alicyclic amines) is 2. The molecule has 3 saturated heterocycles. The summed E-state index contributed by atoms with van der Waals surface area (Å²) in [5, 5.41) is 11.7. The van der Waals surface area contributed by atoms with Crippen LogP contribution < -0.4 is 5.32 Å². The van der Waals surface area contributed by atoms with Gasteiger partial charge in [-0.2, -0.15) is 18.4 Å². The zero-order valence-corrected chi connectivity index (χ0v) is 31.6. The van der Waals surface area contributed by atoms with E-state index in [-0.39, 0.29) is 36.8 Å². The van der Waals surface area contributed by atoms with E-state index in [0.29, 0.717) is 47.7 Å². The lowest BCUT2D eigenvalue weighted by molar-refractivity contribution is -0.199. The predicted octanol–water partition coefficient (Wildman–Crippen LogP) is 7.03. The maximum atomic E-state index is 13.1. The van der Waals surface area contributed by atoms with Crippen molar-refractivity contribution in [2.24, 2.45) is 22.7 Å². The molecule has 1 N–H and O–H groups in total. The summed E-state index contributed by atoms with van der Waals surface area (Å²) in [5.41, 5.74) is 0.344. The van der Waals surface area contributed by atoms with Crippen molar-refractivity contribution in [3.63, 3.8) is 0 Å². The topological polar surface area (TPSA) is 104 Å². The first-order chi connectivity index (χ1) is 23.6. The van der Waals surface area contributed by atoms with Gasteiger partial charge in [-0.1, -0.05) is 39.8 Å². The van der Waals surface area contributed by atoms with Crippen LogP contribution in [0.1, 0.15) is 105 Å². The summed E-state index contributed by atoms with van der Waals surface area (Å²) in [5.74, 6) is -0.193. The van der Waals surface area contributed by atoms with Crippen LogP contribution in [0.15, 0.2) is 24.3 Å². The average molecular weight is 717 g/mol. The first kappa shape index (κ1) is 39.4. The number of alkyl halides is 3. The minimum absolute atomic E-state index is 0.120. The Morgan fingerprint density at radius 2 is 1.78 bits per heavy atom. The quantitative estimate of drug-likeness (QED) is 0.316. The number of piperidine rings is 1. The van der Waals surface area contributed by atoms with Crippen molar-refractivity contribution in [2.75, 3.05) is 26.2 Å². The van der Waals surface area contributed by atoms with Gasteiger partial charge in [0, 0.05) is 18.6 Å². The van der Waals surface area contributed by atoms with Crippen LogP contribution >= 0.6 is 0 Å². The summed E-state index contributed by atoms with van der Waals surface area (Å²) in [4.78, 5) is 29.3. The molecule has 0 radical (unpaired) electrons. The fraction of sp³-hybridized carbons (Fsp3) is 0.763. The van der Waals surface area contributed by atoms with Crippen molar-refractivity contribution in [3.05, 3.63) is 35.4 Å². The summed E-state index contributed by atoms with van der Waals surface area (Å²) in [6.07, 6.45) is -1.43. The monoisotopic (exact) mass is 716 g/mol. The summed E-state index contributed by atoms with van der Waals surface area (Å²) in [7, 11) is -0.806. The molecule has 3 aliphatic carbocycles. The van der Waals surface area contributed by atoms with Gasteiger partial charge in [-0.15, -0.1) is 0 Å². The number of nitriles is 1. The van der Waals surface area contributed by atoms with E-state index in [0.717, 1.165) is 25.0 Å². The first-order valence-corrected chi connectivity index (χ1v) is 18.5. The highest BCUT2D eigenvalue weighted by atomic mass is 19.4. The van der Waals surface area contributed by atoms with Crippen molar-refractivity contribution >= 4 is 19.1 Å². The van der Waals surface area contributed by atoms with Crippen molar-refractivity contribution in [3.8, 4) is 6.07 Å². The molecule has 2 amide bonds. The highest BCUT2D eigenvalue weighted by molar-refractivity contribution is 6.47. The van der Waals surface area contributed by atoms with Gasteiger partial charge in [-0.25, -0.2) is 4.79 Å². The third kappa shape index (κ3) is 8.88. The Kier molecular flexibility index (Phi) is 11.2. The number of nitrogens with zero attached hydrogens (tertiary/aromatic N) is 3. The minimum Gasteiger partial charge on any atom is -0.444 e. The number of amides is 2. The summed E-state index contributed by atoms with van der Waals surface area (Å²) < 4.78 is 57.9. The van der Waals surface area contributed by atoms with Crippen molar-refractivity contribution in [2.45, 2.75) is 136 Å². The van der Waals surface area contributed by atoms with E-state index >= 15 is 0 Å². The molecule has 3 aliphatic heterocycles. The van der Waals surface area contributed by atoms with Crippen LogP contribution in [-0.4, -0.2) is 84.4 Å². The molecular weight excluding hydrogens is 660 g/mol. The van der Waals surface area contributed by atoms with Gasteiger partial charge in [0.15, 0.2) is 0 Å². The number of nitrogens with one attached hydrogen (secondary N) is 1. The van der Waals surface area contributed by atoms with Crippen LogP contribution in [0.3, 0.4) is 0 Å². The molecule has 5 unspecified atom stereocenters. The standard InChI is InChI=1S/C28H35BF3N3O5.C10H21N/c1-26(2)19-14-21(26)27(3)22(15-19)39-29(40-27)23(13-17-6-8-18(9-7-17)28(30,31)32)34-25(37)38-20-5-4-12-35(16-20)24(36)10-11-33;1-9(2,3)11-7-6-10(4,5)8-11/h6-9,19-23H,4-5,10,12-16H2,1-3H3,(H,34,37);6-8H2,1-5H3/t19?,20?,21?,22?,23?,27-;/m0./s1. The van der Waals surface area contributed by atoms with Gasteiger partial charge in [-0.05, 0) is 113 Å². The first-order valence-electron chi connectivity index (χ1n) is 18.5. The van der Waals surface area contributed by atoms with Crippen molar-refractivity contribution in [1.82, 2.24) is 15.1 Å². The number of rotatable bonds is 6. The van der Waals surface area contributed by atoms with Gasteiger partial charge in [0.2, 0.25) is 5.91 Å². The summed E-state index contributed by atoms with van der Waals surface area (Å²) in [6.45, 7) is 21.4. The molecule has 282 valence electrons. The molecular formula is C38H56BF3N4O5. The second kappa shape index (κ2) is 14.5. The van der Waals surface area contributed by atoms with E-state index in [2.05, 4.69) is 65.6 Å². The van der Waals surface area contributed by atoms with E-state index in [1.807, 2.05) is 6.07 Å². The molecule has 6 atom stereocenters. The lowest BCUT2D eigenvalue weighted by atomic mass is 9.43. The average Bonchev–Trinajstić information content (AvgIpc) is 3.59. The van der Waals surface area contributed by atoms with Gasteiger partial charge in [0.05, 0.1) is 35.8 Å². The van der Waals surface area contributed by atoms with Crippen LogP contribution in [0.4, 0.5) is 18.0 Å². The second-order valence-corrected chi connectivity index (χ2v) is 17.8. The van der Waals surface area contributed by atoms with Gasteiger partial charge < -0.3 is 24.3 Å². The zero-order chi connectivity index (χ0) is 37.6. The highest BCUT2D eigenvalue weighted by Crippen LogP contribution is 2.65. The van der Waals surface area contributed by atoms with Gasteiger partial charge >= 0.3 is 19.4 Å². The maximum absolute atomic E-state index is 13.1. The van der Waals surface area contributed by atoms with Gasteiger partial charge in [0.25, 0.3) is 0 Å². The SMILES string of the molecule is CC1(C)C2CC3OB(C(Cc4ccc(C(F)(F)F)cc4)NC(=O)OC4CCCN(C(=O)CC#N)C4)O[C@@]3(C)C1C2.CC1(C)CCN(C(C)(C)C)C1. The zero-order valence-electron chi connectivity index (χ0n) is 31.6. The fourth-order valence-corrected chi connectivity index (χ4v) is 8.83. The molecule has 0 aromatic heterocycles. The van der Waals surface area contributed by atoms with Gasteiger partial charge in [0.1, 0.15) is 12.5 Å². The predicted molar refractivity (Wildman–Crippen MR) is 188 cm³/mol. The fourth-order valence-electron chi connectivity index (χ4n) is 8.83. The van der Waals surface area contributed by atoms with Crippen molar-refractivity contribution < 1.29 is 36.8 Å². The Balaban J connectivity index is 0.000000392. The molecule has 13 heteroatoms. The lowest BCUT2D eigenvalue weighted by Gasteiger charge is -2.64. The Labute approximate surface area is 302 Å². The Morgan fingerprint density at radius 1 is 1.10 bits per heavy atom. The van der Waals surface area contributed by atoms with E-state index in [4.69, 9.17) is 19.3 Å². The number of benzene rings is 1. The summed E-state index contributed by atoms with van der Waals surface area (Å²) >= 11 is 0. The molecule has 3 heterocycles. The van der Waals surface area contributed by atoms with E-state index in [9.17, 15) is 22.8 Å². The van der Waals surface area contributed by atoms with Crippen LogP contribution in [0, 0.1) is 34.0 Å². The number of ether oxygens (including phenoxy) is 1. The molecule has 6 fully saturated rings. The third-order valence-corrected chi connectivity index (χ3v) is 12.2. The van der Waals surface area contributed by atoms with Gasteiger partial charge in [-0.3, -0.25) is 9.69 Å². The number of alkyl carbamates (subject to hydrolysis) is 1. The number of hydrogen-bond donors (Lipinski definition) is 1. The maximum Gasteiger partial charge on any atom is 0.482 e. The summed E-state index contributed by atoms with van der Waals surface area (Å²) in [6, 6.07) is 6.68. The van der Waals surface area contributed by atoms with Crippen molar-refractivity contribution in [1.29, 1.82) is 5.26 Å². The molecule has 7 rings (SSSR count). The largest absolute Gasteiger partial charge is 0.482 e. The molecule has 3 saturated carbocycles. The minimum atomic E-state index is -4.45. The van der Waals surface area contributed by atoms with E-state index in [1.165, 1.54) is 36.5 Å². The second-order valence-electron chi connectivity index (χ2n) is 17.8. The third-order valence-electron chi connectivity index (χ3n) is 12.2. The van der Waals surface area contributed by atoms with Crippen LogP contribution in [0.2, 0.25) is 0 Å². The molecule has 1 aromatic carbocycles. The van der Waals surface area contributed by atoms with Crippen LogP contribution in [0.25, 0.3) is 0 Å². The Morgan fingerprint density at radius 3 is 2.33 bits per heavy atom.